The van der Waals surface area contributed by atoms with Gasteiger partial charge in [0.05, 0.1) is 0 Å². The van der Waals surface area contributed by atoms with Crippen LogP contribution in [0.25, 0.3) is 0 Å². The zero-order valence-corrected chi connectivity index (χ0v) is 9.10. The van der Waals surface area contributed by atoms with Crippen molar-refractivity contribution in [3.63, 3.8) is 0 Å². The van der Waals surface area contributed by atoms with Gasteiger partial charge in [-0.1, -0.05) is 13.0 Å². The molecule has 0 atom stereocenters. The van der Waals surface area contributed by atoms with Gasteiger partial charge in [-0.2, -0.15) is 0 Å². The van der Waals surface area contributed by atoms with Crippen LogP contribution in [0.5, 0.6) is 0 Å². The average molecular weight is 195 g/mol. The minimum absolute atomic E-state index is 0.163. The highest BCUT2D eigenvalue weighted by Gasteiger charge is 2.12. The molecule has 0 fully saturated rings. The van der Waals surface area contributed by atoms with Crippen molar-refractivity contribution in [1.29, 1.82) is 0 Å². The van der Waals surface area contributed by atoms with Gasteiger partial charge in [-0.3, -0.25) is 0 Å². The Hall–Kier alpha value is -0.890. The predicted molar refractivity (Wildman–Crippen MR) is 57.7 cm³/mol. The summed E-state index contributed by atoms with van der Waals surface area (Å²) in [6.45, 7) is 5.92. The zero-order chi connectivity index (χ0) is 10.8. The molecule has 2 heteroatoms. The second-order valence-electron chi connectivity index (χ2n) is 4.49. The quantitative estimate of drug-likeness (QED) is 0.788. The minimum Gasteiger partial charge on any atom is -0.325 e. The first-order valence-corrected chi connectivity index (χ1v) is 4.98. The molecule has 1 aromatic rings. The average Bonchev–Trinajstić information content (AvgIpc) is 1.99. The largest absolute Gasteiger partial charge is 0.325 e. The van der Waals surface area contributed by atoms with Gasteiger partial charge < -0.3 is 5.73 Å². The van der Waals surface area contributed by atoms with Gasteiger partial charge in [-0.25, -0.2) is 4.39 Å². The maximum atomic E-state index is 13.1. The smallest absolute Gasteiger partial charge is 0.123 e. The molecule has 0 aliphatic heterocycles. The third-order valence-electron chi connectivity index (χ3n) is 2.09. The third kappa shape index (κ3) is 3.46. The number of hydrogen-bond donors (Lipinski definition) is 1. The first-order valence-electron chi connectivity index (χ1n) is 4.98. The van der Waals surface area contributed by atoms with E-state index in [0.29, 0.717) is 6.42 Å². The fraction of sp³-hybridized carbons (Fsp3) is 0.500. The summed E-state index contributed by atoms with van der Waals surface area (Å²) in [6, 6.07) is 5.17. The van der Waals surface area contributed by atoms with E-state index in [1.54, 1.807) is 12.1 Å². The number of nitrogens with two attached hydrogens (primary N) is 1. The fourth-order valence-corrected chi connectivity index (χ4v) is 1.55. The molecule has 0 heterocycles. The van der Waals surface area contributed by atoms with Crippen LogP contribution in [0, 0.1) is 5.82 Å². The van der Waals surface area contributed by atoms with Crippen molar-refractivity contribution >= 4 is 0 Å². The molecule has 1 nitrogen and oxygen atoms in total. The molecule has 0 bridgehead atoms. The minimum atomic E-state index is -0.279. The van der Waals surface area contributed by atoms with Crippen LogP contribution in [0.1, 0.15) is 31.9 Å². The normalized spacial score (nSPS) is 11.8. The molecule has 1 aromatic carbocycles. The molecule has 0 saturated carbocycles. The molecule has 1 rings (SSSR count). The lowest BCUT2D eigenvalue weighted by Crippen LogP contribution is -2.34. The molecular weight excluding hydrogens is 177 g/mol. The highest BCUT2D eigenvalue weighted by Crippen LogP contribution is 2.14. The van der Waals surface area contributed by atoms with Crippen LogP contribution in [-0.2, 0) is 12.8 Å². The van der Waals surface area contributed by atoms with E-state index >= 15 is 0 Å². The first kappa shape index (κ1) is 11.2. The van der Waals surface area contributed by atoms with Crippen LogP contribution in [-0.4, -0.2) is 5.54 Å². The molecule has 2 N–H and O–H groups in total. The number of aryl methyl sites for hydroxylation is 1. The lowest BCUT2D eigenvalue weighted by molar-refractivity contribution is 0.514. The molecular formula is C12H18FN. The number of benzene rings is 1. The monoisotopic (exact) mass is 195 g/mol. The van der Waals surface area contributed by atoms with Crippen LogP contribution in [0.3, 0.4) is 0 Å². The number of hydrogen-bond acceptors (Lipinski definition) is 1. The lowest BCUT2D eigenvalue weighted by Gasteiger charge is -2.18. The predicted octanol–water partition coefficient (Wildman–Crippen LogP) is 2.67. The summed E-state index contributed by atoms with van der Waals surface area (Å²) in [5.41, 5.74) is 7.62. The fourth-order valence-electron chi connectivity index (χ4n) is 1.55. The summed E-state index contributed by atoms with van der Waals surface area (Å²) in [5, 5.41) is 0. The van der Waals surface area contributed by atoms with E-state index in [0.717, 1.165) is 17.5 Å². The first-order chi connectivity index (χ1) is 6.40. The Bertz CT molecular complexity index is 313. The molecule has 0 unspecified atom stereocenters. The van der Waals surface area contributed by atoms with E-state index in [1.165, 1.54) is 0 Å². The van der Waals surface area contributed by atoms with E-state index in [2.05, 4.69) is 0 Å². The Balaban J connectivity index is 2.92. The maximum Gasteiger partial charge on any atom is 0.123 e. The summed E-state index contributed by atoms with van der Waals surface area (Å²) in [7, 11) is 0. The van der Waals surface area contributed by atoms with E-state index in [-0.39, 0.29) is 11.4 Å². The summed E-state index contributed by atoms with van der Waals surface area (Å²) < 4.78 is 13.1. The Labute approximate surface area is 85.1 Å². The highest BCUT2D eigenvalue weighted by molar-refractivity contribution is 5.26. The lowest BCUT2D eigenvalue weighted by atomic mass is 9.95. The summed E-state index contributed by atoms with van der Waals surface area (Å²) in [4.78, 5) is 0. The van der Waals surface area contributed by atoms with E-state index in [9.17, 15) is 4.39 Å². The molecule has 0 saturated heterocycles. The van der Waals surface area contributed by atoms with E-state index < -0.39 is 0 Å². The molecule has 0 radical (unpaired) electrons. The van der Waals surface area contributed by atoms with Crippen LogP contribution in [0.15, 0.2) is 18.2 Å². The van der Waals surface area contributed by atoms with E-state index in [4.69, 9.17) is 5.73 Å². The summed E-state index contributed by atoms with van der Waals surface area (Å²) in [6.07, 6.45) is 1.56. The van der Waals surface area contributed by atoms with Gasteiger partial charge in [0.25, 0.3) is 0 Å². The molecule has 0 amide bonds. The topological polar surface area (TPSA) is 26.0 Å². The zero-order valence-electron chi connectivity index (χ0n) is 9.10. The number of halogens is 1. The van der Waals surface area contributed by atoms with Gasteiger partial charge >= 0.3 is 0 Å². The Morgan fingerprint density at radius 2 is 1.79 bits per heavy atom. The highest BCUT2D eigenvalue weighted by atomic mass is 19.1. The van der Waals surface area contributed by atoms with Crippen molar-refractivity contribution < 1.29 is 4.39 Å². The molecule has 0 spiro atoms. The van der Waals surface area contributed by atoms with Gasteiger partial charge in [0.1, 0.15) is 5.82 Å². The summed E-state index contributed by atoms with van der Waals surface area (Å²) in [5.74, 6) is -0.163. The van der Waals surface area contributed by atoms with Crippen molar-refractivity contribution in [3.05, 3.63) is 35.1 Å². The summed E-state index contributed by atoms with van der Waals surface area (Å²) >= 11 is 0. The van der Waals surface area contributed by atoms with Gasteiger partial charge in [-0.05, 0) is 49.9 Å². The van der Waals surface area contributed by atoms with Crippen molar-refractivity contribution in [1.82, 2.24) is 0 Å². The van der Waals surface area contributed by atoms with Crippen molar-refractivity contribution in [2.45, 2.75) is 39.2 Å². The van der Waals surface area contributed by atoms with Gasteiger partial charge in [0, 0.05) is 5.54 Å². The van der Waals surface area contributed by atoms with Gasteiger partial charge in [0.15, 0.2) is 0 Å². The number of rotatable bonds is 3. The SMILES string of the molecule is CCc1cc(F)cc(CC(C)(C)N)c1. The van der Waals surface area contributed by atoms with Crippen molar-refractivity contribution in [2.24, 2.45) is 5.73 Å². The molecule has 0 aromatic heterocycles. The standard InChI is InChI=1S/C12H18FN/c1-4-9-5-10(7-11(13)6-9)8-12(2,3)14/h5-7H,4,8,14H2,1-3H3. The molecule has 0 aliphatic rings. The van der Waals surface area contributed by atoms with Crippen LogP contribution >= 0.6 is 0 Å². The Morgan fingerprint density at radius 1 is 1.21 bits per heavy atom. The van der Waals surface area contributed by atoms with E-state index in [1.807, 2.05) is 26.8 Å². The van der Waals surface area contributed by atoms with Crippen molar-refractivity contribution in [2.75, 3.05) is 0 Å². The van der Waals surface area contributed by atoms with Gasteiger partial charge in [-0.15, -0.1) is 0 Å². The molecule has 14 heavy (non-hydrogen) atoms. The Kier molecular flexibility index (Phi) is 3.27. The van der Waals surface area contributed by atoms with Crippen LogP contribution < -0.4 is 5.73 Å². The second-order valence-corrected chi connectivity index (χ2v) is 4.49. The third-order valence-corrected chi connectivity index (χ3v) is 2.09. The molecule has 78 valence electrons. The Morgan fingerprint density at radius 3 is 2.29 bits per heavy atom. The van der Waals surface area contributed by atoms with Crippen LogP contribution in [0.4, 0.5) is 4.39 Å². The second kappa shape index (κ2) is 4.09. The molecule has 0 aliphatic carbocycles. The van der Waals surface area contributed by atoms with Gasteiger partial charge in [0.2, 0.25) is 0 Å². The van der Waals surface area contributed by atoms with Crippen molar-refractivity contribution in [3.8, 4) is 0 Å². The maximum absolute atomic E-state index is 13.1. The van der Waals surface area contributed by atoms with Crippen LogP contribution in [0.2, 0.25) is 0 Å².